The monoisotopic (exact) mass is 784 g/mol. The molecule has 318 valence electrons. The first-order chi connectivity index (χ1) is 25.8. The summed E-state index contributed by atoms with van der Waals surface area (Å²) in [5, 5.41) is 38.2. The second-order valence-electron chi connectivity index (χ2n) is 15.7. The number of carbonyl (C=O) groups is 7. The Morgan fingerprint density at radius 1 is 0.618 bits per heavy atom. The van der Waals surface area contributed by atoms with Crippen molar-refractivity contribution in [3.8, 4) is 0 Å². The molecule has 0 bridgehead atoms. The molecular formula is C39H73N7O9. The number of amides is 7. The quantitative estimate of drug-likeness (QED) is 0.0519. The van der Waals surface area contributed by atoms with Crippen LogP contribution in [0.5, 0.6) is 0 Å². The van der Waals surface area contributed by atoms with Crippen molar-refractivity contribution in [1.82, 2.24) is 37.2 Å². The van der Waals surface area contributed by atoms with Gasteiger partial charge in [-0.15, -0.1) is 0 Å². The third-order valence-electron chi connectivity index (χ3n) is 9.59. The van der Waals surface area contributed by atoms with Crippen LogP contribution in [0.1, 0.15) is 133 Å². The van der Waals surface area contributed by atoms with Gasteiger partial charge in [0.1, 0.15) is 29.7 Å². The molecule has 0 aromatic heterocycles. The predicted molar refractivity (Wildman–Crippen MR) is 211 cm³/mol. The van der Waals surface area contributed by atoms with Crippen LogP contribution in [0, 0.1) is 17.8 Å². The maximum absolute atomic E-state index is 13.6. The summed E-state index contributed by atoms with van der Waals surface area (Å²) in [6.45, 7) is 16.5. The SMILES string of the molecule is CCCCCCCC(=O)NCC(=O)N[C@@H](C)C(=O)N[C@@H](CC(C)C)C(=O)N[C@](C)(CC)C(=O)N[C@@H](CO)C(=O)N[C@H](C(=O)N[C@H](CO)CC(C)C)[C@@H](C)CC. The number of nitrogens with one attached hydrogen (secondary N) is 7. The van der Waals surface area contributed by atoms with E-state index in [2.05, 4.69) is 44.1 Å². The van der Waals surface area contributed by atoms with Gasteiger partial charge in [-0.1, -0.05) is 87.5 Å². The standard InChI is InChI=1S/C39H73N7O9/c1-11-14-15-16-17-18-31(49)40-21-32(50)41-27(9)34(51)43-29(20-25(6)7)36(53)46-39(10,13-3)38(55)44-30(23-48)35(52)45-33(26(8)12-2)37(54)42-28(22-47)19-24(4)5/h24-30,33,47-48H,11-23H2,1-10H3,(H,40,49)(H,41,50)(H,42,54)(H,43,51)(H,44,55)(H,45,52)(H,46,53)/t26-,27-,28-,29-,30-,33-,39+/m0/s1. The van der Waals surface area contributed by atoms with Gasteiger partial charge in [-0.3, -0.25) is 33.6 Å². The van der Waals surface area contributed by atoms with Crippen LogP contribution in [0.15, 0.2) is 0 Å². The predicted octanol–water partition coefficient (Wildman–Crippen LogP) is 1.31. The van der Waals surface area contributed by atoms with Gasteiger partial charge in [0.05, 0.1) is 25.8 Å². The number of aliphatic hydroxyl groups excluding tert-OH is 2. The molecular weight excluding hydrogens is 710 g/mol. The van der Waals surface area contributed by atoms with Gasteiger partial charge < -0.3 is 47.4 Å². The van der Waals surface area contributed by atoms with Gasteiger partial charge in [0, 0.05) is 6.42 Å². The molecule has 0 aliphatic carbocycles. The summed E-state index contributed by atoms with van der Waals surface area (Å²) >= 11 is 0. The minimum Gasteiger partial charge on any atom is -0.394 e. The molecule has 55 heavy (non-hydrogen) atoms. The topological polar surface area (TPSA) is 244 Å². The Morgan fingerprint density at radius 3 is 1.76 bits per heavy atom. The molecule has 7 amide bonds. The molecule has 0 heterocycles. The summed E-state index contributed by atoms with van der Waals surface area (Å²) < 4.78 is 0. The van der Waals surface area contributed by atoms with E-state index in [1.54, 1.807) is 13.8 Å². The van der Waals surface area contributed by atoms with Gasteiger partial charge in [0.2, 0.25) is 41.4 Å². The zero-order valence-electron chi connectivity index (χ0n) is 35.1. The highest BCUT2D eigenvalue weighted by Gasteiger charge is 2.39. The molecule has 0 spiro atoms. The van der Waals surface area contributed by atoms with E-state index >= 15 is 0 Å². The van der Waals surface area contributed by atoms with E-state index in [4.69, 9.17) is 0 Å². The molecule has 0 saturated heterocycles. The Bertz CT molecular complexity index is 1230. The van der Waals surface area contributed by atoms with E-state index in [0.717, 1.165) is 32.1 Å². The second kappa shape index (κ2) is 26.9. The molecule has 0 aromatic carbocycles. The molecule has 0 rings (SSSR count). The van der Waals surface area contributed by atoms with Crippen molar-refractivity contribution in [2.45, 2.75) is 169 Å². The lowest BCUT2D eigenvalue weighted by molar-refractivity contribution is -0.138. The largest absolute Gasteiger partial charge is 0.394 e. The molecule has 16 heteroatoms. The summed E-state index contributed by atoms with van der Waals surface area (Å²) in [7, 11) is 0. The van der Waals surface area contributed by atoms with Crippen LogP contribution in [0.4, 0.5) is 0 Å². The van der Waals surface area contributed by atoms with Gasteiger partial charge in [-0.2, -0.15) is 0 Å². The fourth-order valence-corrected chi connectivity index (χ4v) is 5.69. The van der Waals surface area contributed by atoms with Crippen molar-refractivity contribution in [3.05, 3.63) is 0 Å². The smallest absolute Gasteiger partial charge is 0.246 e. The highest BCUT2D eigenvalue weighted by atomic mass is 16.3. The van der Waals surface area contributed by atoms with Gasteiger partial charge in [0.15, 0.2) is 0 Å². The summed E-state index contributed by atoms with van der Waals surface area (Å²) in [5.41, 5.74) is -1.59. The van der Waals surface area contributed by atoms with E-state index in [1.807, 2.05) is 34.6 Å². The van der Waals surface area contributed by atoms with Gasteiger partial charge in [0.25, 0.3) is 0 Å². The van der Waals surface area contributed by atoms with Crippen LogP contribution >= 0.6 is 0 Å². The first-order valence-electron chi connectivity index (χ1n) is 20.1. The lowest BCUT2D eigenvalue weighted by Gasteiger charge is -2.33. The minimum absolute atomic E-state index is 0.0593. The average Bonchev–Trinajstić information content (AvgIpc) is 3.13. The van der Waals surface area contributed by atoms with Crippen molar-refractivity contribution >= 4 is 41.4 Å². The first kappa shape index (κ1) is 51.2. The Balaban J connectivity index is 5.60. The van der Waals surface area contributed by atoms with Crippen molar-refractivity contribution < 1.29 is 43.8 Å². The number of aliphatic hydroxyl groups is 2. The third-order valence-corrected chi connectivity index (χ3v) is 9.59. The number of unbranched alkanes of at least 4 members (excludes halogenated alkanes) is 4. The lowest BCUT2D eigenvalue weighted by atomic mass is 9.94. The Labute approximate surface area is 328 Å². The molecule has 7 atom stereocenters. The fourth-order valence-electron chi connectivity index (χ4n) is 5.69. The molecule has 0 aliphatic rings. The molecule has 0 saturated carbocycles. The van der Waals surface area contributed by atoms with E-state index in [9.17, 15) is 43.8 Å². The van der Waals surface area contributed by atoms with Crippen molar-refractivity contribution in [3.63, 3.8) is 0 Å². The summed E-state index contributed by atoms with van der Waals surface area (Å²) in [6.07, 6.45) is 6.55. The maximum atomic E-state index is 13.6. The Hall–Kier alpha value is -3.79. The minimum atomic E-state index is -1.59. The first-order valence-corrected chi connectivity index (χ1v) is 20.1. The number of carbonyl (C=O) groups excluding carboxylic acids is 7. The van der Waals surface area contributed by atoms with Crippen LogP contribution in [0.3, 0.4) is 0 Å². The van der Waals surface area contributed by atoms with Crippen LogP contribution in [-0.2, 0) is 33.6 Å². The van der Waals surface area contributed by atoms with Crippen molar-refractivity contribution in [1.29, 1.82) is 0 Å². The highest BCUT2D eigenvalue weighted by Crippen LogP contribution is 2.15. The zero-order valence-corrected chi connectivity index (χ0v) is 35.1. The molecule has 0 unspecified atom stereocenters. The summed E-state index contributed by atoms with van der Waals surface area (Å²) in [6, 6.07) is -5.14. The Kier molecular flexibility index (Phi) is 25.1. The average molecular weight is 784 g/mol. The second-order valence-corrected chi connectivity index (χ2v) is 15.7. The molecule has 0 aromatic rings. The molecule has 0 aliphatic heterocycles. The molecule has 9 N–H and O–H groups in total. The fraction of sp³-hybridized carbons (Fsp3) is 0.821. The van der Waals surface area contributed by atoms with Crippen LogP contribution < -0.4 is 37.2 Å². The third kappa shape index (κ3) is 20.1. The van der Waals surface area contributed by atoms with Gasteiger partial charge in [-0.05, 0) is 57.3 Å². The molecule has 0 fully saturated rings. The van der Waals surface area contributed by atoms with Crippen molar-refractivity contribution in [2.24, 2.45) is 17.8 Å². The zero-order chi connectivity index (χ0) is 42.3. The Morgan fingerprint density at radius 2 is 1.24 bits per heavy atom. The van der Waals surface area contributed by atoms with Crippen LogP contribution in [0.2, 0.25) is 0 Å². The maximum Gasteiger partial charge on any atom is 0.246 e. The van der Waals surface area contributed by atoms with Crippen LogP contribution in [-0.4, -0.2) is 107 Å². The number of hydrogen-bond donors (Lipinski definition) is 9. The summed E-state index contributed by atoms with van der Waals surface area (Å²) in [4.78, 5) is 91.5. The number of hydrogen-bond acceptors (Lipinski definition) is 9. The number of rotatable bonds is 28. The van der Waals surface area contributed by atoms with E-state index in [-0.39, 0.29) is 49.7 Å². The van der Waals surface area contributed by atoms with E-state index in [1.165, 1.54) is 13.8 Å². The lowest BCUT2D eigenvalue weighted by Crippen LogP contribution is -2.64. The van der Waals surface area contributed by atoms with E-state index < -0.39 is 77.8 Å². The normalized spacial score (nSPS) is 15.7. The van der Waals surface area contributed by atoms with Crippen LogP contribution in [0.25, 0.3) is 0 Å². The van der Waals surface area contributed by atoms with E-state index in [0.29, 0.717) is 19.3 Å². The van der Waals surface area contributed by atoms with Crippen molar-refractivity contribution in [2.75, 3.05) is 19.8 Å². The van der Waals surface area contributed by atoms with Gasteiger partial charge in [-0.25, -0.2) is 0 Å². The van der Waals surface area contributed by atoms with Gasteiger partial charge >= 0.3 is 0 Å². The molecule has 16 nitrogen and oxygen atoms in total. The summed E-state index contributed by atoms with van der Waals surface area (Å²) in [5.74, 6) is -4.42. The molecule has 0 radical (unpaired) electrons. The highest BCUT2D eigenvalue weighted by molar-refractivity contribution is 5.98.